The monoisotopic (exact) mass is 221 g/mol. The predicted molar refractivity (Wildman–Crippen MR) is 60.9 cm³/mol. The van der Waals surface area contributed by atoms with Gasteiger partial charge in [-0.2, -0.15) is 0 Å². The second-order valence-electron chi connectivity index (χ2n) is 3.54. The van der Waals surface area contributed by atoms with Crippen LogP contribution in [0.4, 0.5) is 0 Å². The summed E-state index contributed by atoms with van der Waals surface area (Å²) in [5.74, 6) is 0. The summed E-state index contributed by atoms with van der Waals surface area (Å²) in [6, 6.07) is 7.52. The second kappa shape index (κ2) is 4.09. The molecular formula is C12H12ClNO. The highest BCUT2D eigenvalue weighted by molar-refractivity contribution is 6.31. The molecule has 0 aliphatic heterocycles. The van der Waals surface area contributed by atoms with Crippen LogP contribution in [0.1, 0.15) is 22.7 Å². The van der Waals surface area contributed by atoms with Crippen molar-refractivity contribution in [1.82, 2.24) is 0 Å². The molecule has 2 rings (SSSR count). The van der Waals surface area contributed by atoms with Crippen LogP contribution in [0, 0.1) is 6.92 Å². The second-order valence-corrected chi connectivity index (χ2v) is 3.95. The summed E-state index contributed by atoms with van der Waals surface area (Å²) in [6.07, 6.45) is 3.28. The van der Waals surface area contributed by atoms with E-state index >= 15 is 0 Å². The standard InChI is InChI=1S/C12H12ClNO/c1-8-6-9(2-3-11(8)13)12(14)10-4-5-15-7-10/h2-7,12H,14H2,1H3. The number of halogens is 1. The van der Waals surface area contributed by atoms with Crippen molar-refractivity contribution in [3.05, 3.63) is 58.5 Å². The van der Waals surface area contributed by atoms with Gasteiger partial charge in [0.1, 0.15) is 0 Å². The lowest BCUT2D eigenvalue weighted by Gasteiger charge is -2.11. The summed E-state index contributed by atoms with van der Waals surface area (Å²) in [5.41, 5.74) is 9.12. The van der Waals surface area contributed by atoms with Crippen LogP contribution < -0.4 is 5.73 Å². The zero-order valence-corrected chi connectivity index (χ0v) is 9.16. The van der Waals surface area contributed by atoms with E-state index in [9.17, 15) is 0 Å². The third kappa shape index (κ3) is 2.06. The molecule has 0 fully saturated rings. The molecule has 0 bridgehead atoms. The maximum Gasteiger partial charge on any atom is 0.0953 e. The van der Waals surface area contributed by atoms with Gasteiger partial charge < -0.3 is 10.2 Å². The highest BCUT2D eigenvalue weighted by Gasteiger charge is 2.10. The minimum Gasteiger partial charge on any atom is -0.472 e. The van der Waals surface area contributed by atoms with Crippen molar-refractivity contribution >= 4 is 11.6 Å². The molecular weight excluding hydrogens is 210 g/mol. The Labute approximate surface area is 93.7 Å². The maximum atomic E-state index is 6.08. The van der Waals surface area contributed by atoms with E-state index in [2.05, 4.69) is 0 Å². The summed E-state index contributed by atoms with van der Waals surface area (Å²) >= 11 is 5.95. The van der Waals surface area contributed by atoms with E-state index in [1.54, 1.807) is 12.5 Å². The third-order valence-corrected chi connectivity index (χ3v) is 2.87. The van der Waals surface area contributed by atoms with E-state index in [1.807, 2.05) is 31.2 Å². The molecule has 1 unspecified atom stereocenters. The normalized spacial score (nSPS) is 12.7. The summed E-state index contributed by atoms with van der Waals surface area (Å²) in [6.45, 7) is 1.97. The lowest BCUT2D eigenvalue weighted by Crippen LogP contribution is -2.10. The molecule has 0 aliphatic carbocycles. The highest BCUT2D eigenvalue weighted by Crippen LogP contribution is 2.24. The molecule has 1 aromatic heterocycles. The zero-order chi connectivity index (χ0) is 10.8. The van der Waals surface area contributed by atoms with Crippen LogP contribution in [0.5, 0.6) is 0 Å². The van der Waals surface area contributed by atoms with Crippen molar-refractivity contribution in [3.8, 4) is 0 Å². The average Bonchev–Trinajstić information content (AvgIpc) is 2.74. The first-order valence-corrected chi connectivity index (χ1v) is 5.10. The van der Waals surface area contributed by atoms with Crippen LogP contribution in [-0.4, -0.2) is 0 Å². The van der Waals surface area contributed by atoms with Crippen LogP contribution in [0.2, 0.25) is 5.02 Å². The molecule has 0 saturated carbocycles. The molecule has 0 aliphatic rings. The van der Waals surface area contributed by atoms with Crippen molar-refractivity contribution in [2.45, 2.75) is 13.0 Å². The van der Waals surface area contributed by atoms with Crippen LogP contribution in [0.25, 0.3) is 0 Å². The molecule has 0 radical (unpaired) electrons. The van der Waals surface area contributed by atoms with Gasteiger partial charge in [0, 0.05) is 10.6 Å². The van der Waals surface area contributed by atoms with Gasteiger partial charge in [0.05, 0.1) is 18.6 Å². The summed E-state index contributed by atoms with van der Waals surface area (Å²) in [7, 11) is 0. The van der Waals surface area contributed by atoms with Crippen molar-refractivity contribution in [2.75, 3.05) is 0 Å². The lowest BCUT2D eigenvalue weighted by atomic mass is 10.0. The van der Waals surface area contributed by atoms with Gasteiger partial charge in [-0.3, -0.25) is 0 Å². The van der Waals surface area contributed by atoms with Crippen molar-refractivity contribution < 1.29 is 4.42 Å². The van der Waals surface area contributed by atoms with Crippen molar-refractivity contribution in [2.24, 2.45) is 5.73 Å². The number of hydrogen-bond donors (Lipinski definition) is 1. The van der Waals surface area contributed by atoms with Gasteiger partial charge >= 0.3 is 0 Å². The van der Waals surface area contributed by atoms with Gasteiger partial charge in [0.15, 0.2) is 0 Å². The number of rotatable bonds is 2. The zero-order valence-electron chi connectivity index (χ0n) is 8.41. The van der Waals surface area contributed by atoms with E-state index in [0.29, 0.717) is 0 Å². The predicted octanol–water partition coefficient (Wildman–Crippen LogP) is 3.29. The Morgan fingerprint density at radius 3 is 2.67 bits per heavy atom. The van der Waals surface area contributed by atoms with E-state index in [4.69, 9.17) is 21.8 Å². The summed E-state index contributed by atoms with van der Waals surface area (Å²) in [5, 5.41) is 0.762. The minimum absolute atomic E-state index is 0.153. The molecule has 2 nitrogen and oxygen atoms in total. The van der Waals surface area contributed by atoms with Gasteiger partial charge in [0.2, 0.25) is 0 Å². The molecule has 1 aromatic carbocycles. The molecule has 2 aromatic rings. The molecule has 78 valence electrons. The molecule has 2 N–H and O–H groups in total. The Morgan fingerprint density at radius 2 is 2.07 bits per heavy atom. The van der Waals surface area contributed by atoms with Gasteiger partial charge in [-0.1, -0.05) is 23.7 Å². The number of furan rings is 1. The first kappa shape index (κ1) is 10.3. The fraction of sp³-hybridized carbons (Fsp3) is 0.167. The third-order valence-electron chi connectivity index (χ3n) is 2.44. The summed E-state index contributed by atoms with van der Waals surface area (Å²) < 4.78 is 5.01. The SMILES string of the molecule is Cc1cc(C(N)c2ccoc2)ccc1Cl. The Balaban J connectivity index is 2.34. The Kier molecular flexibility index (Phi) is 2.80. The smallest absolute Gasteiger partial charge is 0.0953 e. The number of benzene rings is 1. The molecule has 0 spiro atoms. The molecule has 15 heavy (non-hydrogen) atoms. The fourth-order valence-corrected chi connectivity index (χ4v) is 1.62. The quantitative estimate of drug-likeness (QED) is 0.845. The first-order valence-electron chi connectivity index (χ1n) is 4.72. The molecule has 1 heterocycles. The van der Waals surface area contributed by atoms with Crippen LogP contribution in [0.15, 0.2) is 41.2 Å². The van der Waals surface area contributed by atoms with Gasteiger partial charge in [-0.05, 0) is 30.2 Å². The number of aryl methyl sites for hydroxylation is 1. The summed E-state index contributed by atoms with van der Waals surface area (Å²) in [4.78, 5) is 0. The Morgan fingerprint density at radius 1 is 1.27 bits per heavy atom. The van der Waals surface area contributed by atoms with Crippen LogP contribution >= 0.6 is 11.6 Å². The maximum absolute atomic E-state index is 6.08. The topological polar surface area (TPSA) is 39.2 Å². The molecule has 1 atom stereocenters. The number of nitrogens with two attached hydrogens (primary N) is 1. The van der Waals surface area contributed by atoms with E-state index in [1.165, 1.54) is 0 Å². The van der Waals surface area contributed by atoms with E-state index in [0.717, 1.165) is 21.7 Å². The molecule has 3 heteroatoms. The number of hydrogen-bond acceptors (Lipinski definition) is 2. The Bertz CT molecular complexity index is 451. The Hall–Kier alpha value is -1.25. The highest BCUT2D eigenvalue weighted by atomic mass is 35.5. The van der Waals surface area contributed by atoms with Crippen LogP contribution in [-0.2, 0) is 0 Å². The van der Waals surface area contributed by atoms with E-state index in [-0.39, 0.29) is 6.04 Å². The van der Waals surface area contributed by atoms with Gasteiger partial charge in [0.25, 0.3) is 0 Å². The largest absolute Gasteiger partial charge is 0.472 e. The van der Waals surface area contributed by atoms with E-state index < -0.39 is 0 Å². The minimum atomic E-state index is -0.153. The van der Waals surface area contributed by atoms with Crippen molar-refractivity contribution in [1.29, 1.82) is 0 Å². The van der Waals surface area contributed by atoms with Crippen molar-refractivity contribution in [3.63, 3.8) is 0 Å². The fourth-order valence-electron chi connectivity index (χ4n) is 1.51. The average molecular weight is 222 g/mol. The molecule has 0 amide bonds. The first-order chi connectivity index (χ1) is 7.18. The lowest BCUT2D eigenvalue weighted by molar-refractivity contribution is 0.562. The van der Waals surface area contributed by atoms with Gasteiger partial charge in [-0.15, -0.1) is 0 Å². The van der Waals surface area contributed by atoms with Crippen LogP contribution in [0.3, 0.4) is 0 Å². The van der Waals surface area contributed by atoms with Gasteiger partial charge in [-0.25, -0.2) is 0 Å². The molecule has 0 saturated heterocycles.